The van der Waals surface area contributed by atoms with E-state index in [9.17, 15) is 15.8 Å². The number of hydrogen-bond acceptors (Lipinski definition) is 5. The van der Waals surface area contributed by atoms with E-state index < -0.39 is 34.3 Å². The third-order valence-electron chi connectivity index (χ3n) is 10.7. The van der Waals surface area contributed by atoms with Gasteiger partial charge in [-0.15, -0.1) is 0 Å². The molecule has 0 bridgehead atoms. The molecule has 0 saturated heterocycles. The smallest absolute Gasteiger partial charge is 0.437 e. The van der Waals surface area contributed by atoms with Gasteiger partial charge in [0.25, 0.3) is 5.60 Å². The van der Waals surface area contributed by atoms with Gasteiger partial charge in [-0.3, -0.25) is 0 Å². The van der Waals surface area contributed by atoms with E-state index in [0.29, 0.717) is 18.4 Å². The van der Waals surface area contributed by atoms with E-state index in [-0.39, 0.29) is 11.0 Å². The molecule has 8 heteroatoms. The Morgan fingerprint density at radius 3 is 2.05 bits per heavy atom. The van der Waals surface area contributed by atoms with Crippen LogP contribution in [-0.4, -0.2) is 6.18 Å². The third-order valence-corrected chi connectivity index (χ3v) is 10.7. The number of benzene rings is 3. The summed E-state index contributed by atoms with van der Waals surface area (Å²) >= 11 is 0. The van der Waals surface area contributed by atoms with E-state index in [2.05, 4.69) is 47.4 Å². The minimum Gasteiger partial charge on any atom is -0.465 e. The highest BCUT2D eigenvalue weighted by molar-refractivity contribution is 5.75. The number of ether oxygens (including phenoxy) is 1. The van der Waals surface area contributed by atoms with Crippen LogP contribution in [0.25, 0.3) is 11.6 Å². The molecule has 0 saturated carbocycles. The first-order valence-corrected chi connectivity index (χ1v) is 19.3. The number of rotatable bonds is 8. The van der Waals surface area contributed by atoms with Crippen molar-refractivity contribution in [2.45, 2.75) is 64.1 Å². The first-order chi connectivity index (χ1) is 28.0. The fraction of sp³-hybridized carbons (Fsp3) is 0.220. The minimum atomic E-state index is -5.09. The summed E-state index contributed by atoms with van der Waals surface area (Å²) in [5.41, 5.74) is 1.79. The predicted molar refractivity (Wildman–Crippen MR) is 222 cm³/mol. The monoisotopic (exact) mass is 770 g/mol. The van der Waals surface area contributed by atoms with E-state index in [1.807, 2.05) is 86.7 Å². The Kier molecular flexibility index (Phi) is 11.1. The van der Waals surface area contributed by atoms with E-state index in [0.717, 1.165) is 65.0 Å². The van der Waals surface area contributed by atoms with Crippen molar-refractivity contribution in [1.82, 2.24) is 0 Å². The summed E-state index contributed by atoms with van der Waals surface area (Å²) in [6.07, 6.45) is 19.4. The molecule has 1 aliphatic heterocycles. The van der Waals surface area contributed by atoms with Crippen molar-refractivity contribution in [3.05, 3.63) is 190 Å². The molecule has 58 heavy (non-hydrogen) atoms. The highest BCUT2D eigenvalue weighted by Crippen LogP contribution is 2.57. The van der Waals surface area contributed by atoms with E-state index in [4.69, 9.17) is 4.74 Å². The maximum absolute atomic E-state index is 15.8. The van der Waals surface area contributed by atoms with Gasteiger partial charge in [0.1, 0.15) is 23.8 Å². The molecule has 0 amide bonds. The van der Waals surface area contributed by atoms with Crippen molar-refractivity contribution in [1.29, 1.82) is 15.8 Å². The largest absolute Gasteiger partial charge is 0.465 e. The summed E-state index contributed by atoms with van der Waals surface area (Å²) in [6, 6.07) is 29.5. The zero-order valence-corrected chi connectivity index (χ0v) is 32.4. The molecule has 5 nitrogen and oxygen atoms in total. The summed E-state index contributed by atoms with van der Waals surface area (Å²) < 4.78 is 53.1. The molecule has 3 aromatic rings. The van der Waals surface area contributed by atoms with Gasteiger partial charge in [-0.1, -0.05) is 117 Å². The quantitative estimate of drug-likeness (QED) is 0.213. The van der Waals surface area contributed by atoms with Gasteiger partial charge in [0.05, 0.1) is 0 Å². The van der Waals surface area contributed by atoms with E-state index in [1.165, 1.54) is 18.2 Å². The van der Waals surface area contributed by atoms with Gasteiger partial charge < -0.3 is 9.64 Å². The zero-order chi connectivity index (χ0) is 40.9. The first-order valence-electron chi connectivity index (χ1n) is 19.3. The highest BCUT2D eigenvalue weighted by Gasteiger charge is 2.65. The minimum absolute atomic E-state index is 0.266. The summed E-state index contributed by atoms with van der Waals surface area (Å²) in [4.78, 5) is 2.22. The average molecular weight is 771 g/mol. The number of hydrogen-bond donors (Lipinski definition) is 0. The second-order valence-corrected chi connectivity index (χ2v) is 15.5. The number of nitriles is 3. The summed E-state index contributed by atoms with van der Waals surface area (Å²) in [6.45, 7) is 4.10. The van der Waals surface area contributed by atoms with Crippen LogP contribution in [0.1, 0.15) is 69.1 Å². The van der Waals surface area contributed by atoms with Gasteiger partial charge in [0.2, 0.25) is 0 Å². The fourth-order valence-electron chi connectivity index (χ4n) is 8.08. The van der Waals surface area contributed by atoms with Crippen molar-refractivity contribution < 1.29 is 17.9 Å². The second-order valence-electron chi connectivity index (χ2n) is 15.5. The van der Waals surface area contributed by atoms with Crippen LogP contribution in [0.15, 0.2) is 173 Å². The Morgan fingerprint density at radius 2 is 1.45 bits per heavy atom. The van der Waals surface area contributed by atoms with Crippen LogP contribution in [0.3, 0.4) is 0 Å². The molecular weight excluding hydrogens is 730 g/mol. The average Bonchev–Trinajstić information content (AvgIpc) is 3.56. The van der Waals surface area contributed by atoms with E-state index in [1.54, 1.807) is 24.3 Å². The van der Waals surface area contributed by atoms with Crippen LogP contribution in [0.2, 0.25) is 0 Å². The Morgan fingerprint density at radius 1 is 0.776 bits per heavy atom. The van der Waals surface area contributed by atoms with Gasteiger partial charge in [-0.2, -0.15) is 29.0 Å². The number of allylic oxidation sites excluding steroid dienone is 13. The van der Waals surface area contributed by atoms with Crippen molar-refractivity contribution >= 4 is 23.0 Å². The summed E-state index contributed by atoms with van der Waals surface area (Å²) in [5.74, 6) is -0.678. The molecule has 0 aromatic heterocycles. The molecule has 4 aliphatic rings. The lowest BCUT2D eigenvalue weighted by Crippen LogP contribution is -2.44. The van der Waals surface area contributed by atoms with Gasteiger partial charge in [0.15, 0.2) is 11.3 Å². The fourth-order valence-corrected chi connectivity index (χ4v) is 8.08. The molecule has 0 radical (unpaired) electrons. The first kappa shape index (κ1) is 39.4. The predicted octanol–water partition coefficient (Wildman–Crippen LogP) is 13.1. The van der Waals surface area contributed by atoms with Crippen LogP contribution >= 0.6 is 0 Å². The van der Waals surface area contributed by atoms with Gasteiger partial charge in [0, 0.05) is 28.2 Å². The standard InChI is InChI=1S/C50H41F3N4O/c1-48(2)30-36(19-18-35-20-26-44(27-21-35)57(42-14-8-4-9-15-42)43-16-10-5-11-17-43)28-37(31-48)29-46-45(34-56)47(40(32-54)33-55)58-49(46,50(51,52)53)41-24-22-39(23-25-41)38-12-6-3-7-13-38/h4,6,8-10,12-29H,3,5,7,11,30-31H2,1-2H3/b19-18+,37-29-. The van der Waals surface area contributed by atoms with Gasteiger partial charge in [-0.25, -0.2) is 0 Å². The lowest BCUT2D eigenvalue weighted by molar-refractivity contribution is -0.249. The maximum atomic E-state index is 15.8. The molecule has 1 atom stereocenters. The summed E-state index contributed by atoms with van der Waals surface area (Å²) in [5, 5.41) is 29.9. The Bertz CT molecular complexity index is 2490. The van der Waals surface area contributed by atoms with Crippen molar-refractivity contribution in [2.75, 3.05) is 4.90 Å². The number of halogens is 3. The number of alkyl halides is 3. The number of anilines is 2. The second kappa shape index (κ2) is 16.3. The number of para-hydroxylation sites is 1. The van der Waals surface area contributed by atoms with Gasteiger partial charge in [-0.05, 0) is 108 Å². The Hall–Kier alpha value is -6.82. The third kappa shape index (κ3) is 7.90. The van der Waals surface area contributed by atoms with Crippen LogP contribution in [0.4, 0.5) is 24.5 Å². The molecule has 1 unspecified atom stereocenters. The normalized spacial score (nSPS) is 20.8. The van der Waals surface area contributed by atoms with Gasteiger partial charge >= 0.3 is 6.18 Å². The molecule has 1 heterocycles. The van der Waals surface area contributed by atoms with Crippen LogP contribution in [-0.2, 0) is 10.3 Å². The number of nitrogens with zero attached hydrogens (tertiary/aromatic N) is 4. The molecule has 288 valence electrons. The molecule has 0 fully saturated rings. The van der Waals surface area contributed by atoms with Crippen LogP contribution in [0, 0.1) is 39.4 Å². The molecule has 7 rings (SSSR count). The van der Waals surface area contributed by atoms with E-state index >= 15 is 13.2 Å². The molecule has 3 aliphatic carbocycles. The topological polar surface area (TPSA) is 83.8 Å². The Labute approximate surface area is 338 Å². The van der Waals surface area contributed by atoms with Crippen LogP contribution < -0.4 is 4.90 Å². The molecule has 3 aromatic carbocycles. The van der Waals surface area contributed by atoms with Crippen LogP contribution in [0.5, 0.6) is 0 Å². The molecular formula is C50H41F3N4O. The lowest BCUT2D eigenvalue weighted by atomic mass is 9.73. The van der Waals surface area contributed by atoms with Crippen molar-refractivity contribution in [2.24, 2.45) is 5.41 Å². The summed E-state index contributed by atoms with van der Waals surface area (Å²) in [7, 11) is 0. The SMILES string of the molecule is CC1(C)CC(/C=C/c2ccc(N(C3=CCCC=C3)c3ccccc3)cc2)=CC(=C/C2=C(C#N)C(=C(C#N)C#N)OC2(c2ccc(C3=CCCC=C3)cc2)C(F)(F)F)/C1. The molecule has 0 spiro atoms. The molecule has 0 N–H and O–H groups in total. The Balaban J connectivity index is 1.28. The van der Waals surface area contributed by atoms with Crippen molar-refractivity contribution in [3.8, 4) is 18.2 Å². The highest BCUT2D eigenvalue weighted by atomic mass is 19.4. The zero-order valence-electron chi connectivity index (χ0n) is 32.4. The maximum Gasteiger partial charge on any atom is 0.437 e. The van der Waals surface area contributed by atoms with Crippen molar-refractivity contribution in [3.63, 3.8) is 0 Å². The lowest BCUT2D eigenvalue weighted by Gasteiger charge is -2.35.